The Bertz CT molecular complexity index is 571. The van der Waals surface area contributed by atoms with Gasteiger partial charge in [0.15, 0.2) is 0 Å². The van der Waals surface area contributed by atoms with Crippen LogP contribution in [0.15, 0.2) is 0 Å². The highest BCUT2D eigenvalue weighted by molar-refractivity contribution is 5.95. The number of carbonyl (C=O) groups excluding carboxylic acids is 1. The molecule has 2 aliphatic rings. The number of nitrogens with one attached hydrogen (secondary N) is 2. The highest BCUT2D eigenvalue weighted by Gasteiger charge is 2.24. The molecule has 2 N–H and O–H groups in total. The van der Waals surface area contributed by atoms with Crippen molar-refractivity contribution in [2.24, 2.45) is 5.92 Å². The van der Waals surface area contributed by atoms with Gasteiger partial charge in [0.05, 0.1) is 25.9 Å². The number of nitrogens with zero attached hydrogens (tertiary/aromatic N) is 2. The number of anilines is 1. The minimum atomic E-state index is -0.112. The van der Waals surface area contributed by atoms with Crippen molar-refractivity contribution >= 4 is 11.7 Å². The van der Waals surface area contributed by atoms with Gasteiger partial charge in [-0.15, -0.1) is 0 Å². The van der Waals surface area contributed by atoms with Crippen LogP contribution in [0.4, 0.5) is 5.82 Å². The van der Waals surface area contributed by atoms with Crippen molar-refractivity contribution in [3.63, 3.8) is 0 Å². The van der Waals surface area contributed by atoms with E-state index < -0.39 is 0 Å². The van der Waals surface area contributed by atoms with Gasteiger partial charge < -0.3 is 20.1 Å². The van der Waals surface area contributed by atoms with Crippen LogP contribution < -0.4 is 10.6 Å². The molecule has 2 aliphatic heterocycles. The molecule has 1 atom stereocenters. The van der Waals surface area contributed by atoms with E-state index in [0.717, 1.165) is 24.2 Å². The van der Waals surface area contributed by atoms with E-state index in [1.54, 1.807) is 0 Å². The van der Waals surface area contributed by atoms with Crippen LogP contribution in [0.1, 0.15) is 35.7 Å². The molecule has 1 fully saturated rings. The van der Waals surface area contributed by atoms with Crippen LogP contribution in [0.3, 0.4) is 0 Å². The van der Waals surface area contributed by atoms with Gasteiger partial charge in [-0.05, 0) is 12.3 Å². The number of hydrogen-bond acceptors (Lipinski definition) is 6. The zero-order valence-electron chi connectivity index (χ0n) is 13.7. The summed E-state index contributed by atoms with van der Waals surface area (Å²) in [5.41, 5.74) is 1.41. The monoisotopic (exact) mass is 320 g/mol. The zero-order valence-corrected chi connectivity index (χ0v) is 13.7. The zero-order chi connectivity index (χ0) is 16.2. The van der Waals surface area contributed by atoms with Crippen LogP contribution in [0.5, 0.6) is 0 Å². The maximum absolute atomic E-state index is 12.1. The quantitative estimate of drug-likeness (QED) is 0.834. The van der Waals surface area contributed by atoms with Crippen LogP contribution >= 0.6 is 0 Å². The van der Waals surface area contributed by atoms with Crippen molar-refractivity contribution in [2.75, 3.05) is 38.2 Å². The predicted octanol–water partition coefficient (Wildman–Crippen LogP) is 0.788. The molecule has 0 aromatic carbocycles. The van der Waals surface area contributed by atoms with Gasteiger partial charge in [-0.25, -0.2) is 9.97 Å². The van der Waals surface area contributed by atoms with Gasteiger partial charge >= 0.3 is 0 Å². The minimum absolute atomic E-state index is 0.0142. The van der Waals surface area contributed by atoms with E-state index in [-0.39, 0.29) is 12.0 Å². The number of carbonyl (C=O) groups is 1. The van der Waals surface area contributed by atoms with Crippen molar-refractivity contribution in [1.82, 2.24) is 15.3 Å². The van der Waals surface area contributed by atoms with Crippen molar-refractivity contribution < 1.29 is 14.3 Å². The third kappa shape index (κ3) is 3.97. The molecule has 126 valence electrons. The fourth-order valence-corrected chi connectivity index (χ4v) is 2.81. The van der Waals surface area contributed by atoms with Crippen molar-refractivity contribution in [3.05, 3.63) is 17.1 Å². The Morgan fingerprint density at radius 1 is 1.35 bits per heavy atom. The van der Waals surface area contributed by atoms with Gasteiger partial charge in [-0.3, -0.25) is 4.79 Å². The number of ether oxygens (including phenoxy) is 2. The summed E-state index contributed by atoms with van der Waals surface area (Å²) in [6.45, 7) is 7.32. The first-order chi connectivity index (χ1) is 11.1. The lowest BCUT2D eigenvalue weighted by molar-refractivity contribution is -0.0819. The second-order valence-electron chi connectivity index (χ2n) is 6.37. The average molecular weight is 320 g/mol. The molecule has 1 aromatic rings. The molecule has 23 heavy (non-hydrogen) atoms. The molecule has 0 radical (unpaired) electrons. The summed E-state index contributed by atoms with van der Waals surface area (Å²) in [6.07, 6.45) is 1.51. The molecular formula is C16H24N4O3. The van der Waals surface area contributed by atoms with Gasteiger partial charge in [0, 0.05) is 25.1 Å². The first-order valence-electron chi connectivity index (χ1n) is 8.24. The van der Waals surface area contributed by atoms with Gasteiger partial charge in [-0.1, -0.05) is 13.8 Å². The SMILES string of the molecule is CC(C)Cc1nc(NCC2COCCO2)c2c(n1)C(=O)NCC2. The molecular weight excluding hydrogens is 296 g/mol. The summed E-state index contributed by atoms with van der Waals surface area (Å²) < 4.78 is 11.1. The van der Waals surface area contributed by atoms with Crippen molar-refractivity contribution in [3.8, 4) is 0 Å². The van der Waals surface area contributed by atoms with Crippen molar-refractivity contribution in [2.45, 2.75) is 32.8 Å². The Hall–Kier alpha value is -1.73. The molecule has 0 spiro atoms. The van der Waals surface area contributed by atoms with Crippen LogP contribution in [-0.4, -0.2) is 54.9 Å². The van der Waals surface area contributed by atoms with E-state index in [0.29, 0.717) is 50.3 Å². The summed E-state index contributed by atoms with van der Waals surface area (Å²) in [4.78, 5) is 21.2. The largest absolute Gasteiger partial charge is 0.376 e. The normalized spacial score (nSPS) is 21.0. The molecule has 3 heterocycles. The van der Waals surface area contributed by atoms with Crippen LogP contribution in [-0.2, 0) is 22.3 Å². The lowest BCUT2D eigenvalue weighted by Gasteiger charge is -2.25. The number of fused-ring (bicyclic) bond motifs is 1. The standard InChI is InChI=1S/C16H24N4O3/c1-10(2)7-13-19-14-12(3-4-17-16(14)21)15(20-13)18-8-11-9-22-5-6-23-11/h10-11H,3-9H2,1-2H3,(H,17,21)(H,18,19,20). The molecule has 0 aliphatic carbocycles. The van der Waals surface area contributed by atoms with E-state index >= 15 is 0 Å². The molecule has 1 saturated heterocycles. The maximum Gasteiger partial charge on any atom is 0.270 e. The highest BCUT2D eigenvalue weighted by atomic mass is 16.6. The second-order valence-corrected chi connectivity index (χ2v) is 6.37. The Morgan fingerprint density at radius 3 is 2.96 bits per heavy atom. The molecule has 1 amide bonds. The third-order valence-electron chi connectivity index (χ3n) is 3.90. The molecule has 7 heteroatoms. The summed E-state index contributed by atoms with van der Waals surface area (Å²) in [5.74, 6) is 1.79. The summed E-state index contributed by atoms with van der Waals surface area (Å²) in [5, 5.41) is 6.19. The van der Waals surface area contributed by atoms with Gasteiger partial charge in [0.2, 0.25) is 0 Å². The fourth-order valence-electron chi connectivity index (χ4n) is 2.81. The van der Waals surface area contributed by atoms with E-state index in [2.05, 4.69) is 34.4 Å². The second kappa shape index (κ2) is 7.23. The molecule has 0 bridgehead atoms. The van der Waals surface area contributed by atoms with Crippen LogP contribution in [0.2, 0.25) is 0 Å². The van der Waals surface area contributed by atoms with Crippen molar-refractivity contribution in [1.29, 1.82) is 0 Å². The first kappa shape index (κ1) is 16.1. The van der Waals surface area contributed by atoms with Gasteiger partial charge in [-0.2, -0.15) is 0 Å². The first-order valence-corrected chi connectivity index (χ1v) is 8.24. The molecule has 1 aromatic heterocycles. The smallest absolute Gasteiger partial charge is 0.270 e. The summed E-state index contributed by atoms with van der Waals surface area (Å²) >= 11 is 0. The Kier molecular flexibility index (Phi) is 5.07. The average Bonchev–Trinajstić information content (AvgIpc) is 2.54. The van der Waals surface area contributed by atoms with Crippen LogP contribution in [0, 0.1) is 5.92 Å². The fraction of sp³-hybridized carbons (Fsp3) is 0.688. The van der Waals surface area contributed by atoms with E-state index in [1.165, 1.54) is 0 Å². The van der Waals surface area contributed by atoms with Gasteiger partial charge in [0.1, 0.15) is 17.3 Å². The summed E-state index contributed by atoms with van der Waals surface area (Å²) in [6, 6.07) is 0. The van der Waals surface area contributed by atoms with E-state index in [1.807, 2.05) is 0 Å². The Labute approximate surface area is 136 Å². The topological polar surface area (TPSA) is 85.4 Å². The molecule has 3 rings (SSSR count). The maximum atomic E-state index is 12.1. The molecule has 1 unspecified atom stereocenters. The van der Waals surface area contributed by atoms with E-state index in [4.69, 9.17) is 9.47 Å². The highest BCUT2D eigenvalue weighted by Crippen LogP contribution is 2.21. The Balaban J connectivity index is 1.81. The van der Waals surface area contributed by atoms with E-state index in [9.17, 15) is 4.79 Å². The van der Waals surface area contributed by atoms with Gasteiger partial charge in [0.25, 0.3) is 5.91 Å². The third-order valence-corrected chi connectivity index (χ3v) is 3.90. The molecule has 0 saturated carbocycles. The number of hydrogen-bond donors (Lipinski definition) is 2. The number of rotatable bonds is 5. The molecule has 7 nitrogen and oxygen atoms in total. The number of aromatic nitrogens is 2. The lowest BCUT2D eigenvalue weighted by atomic mass is 10.0. The minimum Gasteiger partial charge on any atom is -0.376 e. The van der Waals surface area contributed by atoms with Crippen LogP contribution in [0.25, 0.3) is 0 Å². The number of amides is 1. The Morgan fingerprint density at radius 2 is 2.22 bits per heavy atom. The summed E-state index contributed by atoms with van der Waals surface area (Å²) in [7, 11) is 0. The predicted molar refractivity (Wildman–Crippen MR) is 85.7 cm³/mol. The lowest BCUT2D eigenvalue weighted by Crippen LogP contribution is -2.36.